The summed E-state index contributed by atoms with van der Waals surface area (Å²) in [5.41, 5.74) is 3.33. The van der Waals surface area contributed by atoms with Crippen LogP contribution in [0.5, 0.6) is 0 Å². The van der Waals surface area contributed by atoms with Gasteiger partial charge in [0.15, 0.2) is 0 Å². The highest BCUT2D eigenvalue weighted by Gasteiger charge is 2.17. The van der Waals surface area contributed by atoms with Gasteiger partial charge < -0.3 is 0 Å². The third kappa shape index (κ3) is 2.32. The van der Waals surface area contributed by atoms with Crippen molar-refractivity contribution in [3.8, 4) is 11.1 Å². The van der Waals surface area contributed by atoms with Gasteiger partial charge in [-0.3, -0.25) is 9.67 Å². The predicted octanol–water partition coefficient (Wildman–Crippen LogP) is 3.04. The molecule has 0 amide bonds. The highest BCUT2D eigenvalue weighted by atomic mass is 15.3. The lowest BCUT2D eigenvalue weighted by Gasteiger charge is -2.21. The van der Waals surface area contributed by atoms with Crippen LogP contribution >= 0.6 is 0 Å². The fourth-order valence-corrected chi connectivity index (χ4v) is 3.02. The van der Waals surface area contributed by atoms with E-state index in [4.69, 9.17) is 0 Å². The van der Waals surface area contributed by atoms with Gasteiger partial charge in [0.25, 0.3) is 0 Å². The SMILES string of the molecule is c1cnc2c(-c3cnn(C4CC[N]CC4)c3)cccc2c1. The van der Waals surface area contributed by atoms with Crippen molar-refractivity contribution < 1.29 is 0 Å². The van der Waals surface area contributed by atoms with E-state index in [0.29, 0.717) is 6.04 Å². The highest BCUT2D eigenvalue weighted by molar-refractivity contribution is 5.93. The van der Waals surface area contributed by atoms with Gasteiger partial charge in [0.1, 0.15) is 0 Å². The van der Waals surface area contributed by atoms with Gasteiger partial charge in [-0.15, -0.1) is 0 Å². The topological polar surface area (TPSA) is 44.8 Å². The summed E-state index contributed by atoms with van der Waals surface area (Å²) in [5, 5.41) is 10.1. The molecule has 0 aliphatic carbocycles. The zero-order valence-electron chi connectivity index (χ0n) is 11.8. The third-order valence-electron chi connectivity index (χ3n) is 4.16. The first kappa shape index (κ1) is 12.5. The first-order valence-corrected chi connectivity index (χ1v) is 7.43. The van der Waals surface area contributed by atoms with Crippen molar-refractivity contribution in [2.75, 3.05) is 13.1 Å². The average molecular weight is 277 g/mol. The molecule has 0 saturated carbocycles. The first-order chi connectivity index (χ1) is 10.4. The molecule has 0 N–H and O–H groups in total. The van der Waals surface area contributed by atoms with Crippen LogP contribution in [-0.2, 0) is 0 Å². The molecule has 4 nitrogen and oxygen atoms in total. The fourth-order valence-electron chi connectivity index (χ4n) is 3.02. The Morgan fingerprint density at radius 3 is 2.81 bits per heavy atom. The molecule has 1 aliphatic heterocycles. The number of benzene rings is 1. The van der Waals surface area contributed by atoms with E-state index in [1.54, 1.807) is 0 Å². The quantitative estimate of drug-likeness (QED) is 0.722. The van der Waals surface area contributed by atoms with Crippen LogP contribution < -0.4 is 5.32 Å². The molecule has 1 saturated heterocycles. The Balaban J connectivity index is 1.74. The van der Waals surface area contributed by atoms with E-state index < -0.39 is 0 Å². The Labute approximate surface area is 123 Å². The number of aromatic nitrogens is 3. The molecule has 105 valence electrons. The van der Waals surface area contributed by atoms with Gasteiger partial charge in [-0.2, -0.15) is 5.10 Å². The second-order valence-corrected chi connectivity index (χ2v) is 5.49. The molecular weight excluding hydrogens is 260 g/mol. The molecule has 1 fully saturated rings. The summed E-state index contributed by atoms with van der Waals surface area (Å²) in [4.78, 5) is 4.53. The molecule has 21 heavy (non-hydrogen) atoms. The Hall–Kier alpha value is -2.20. The maximum absolute atomic E-state index is 4.57. The van der Waals surface area contributed by atoms with E-state index >= 15 is 0 Å². The fraction of sp³-hybridized carbons (Fsp3) is 0.294. The third-order valence-corrected chi connectivity index (χ3v) is 4.16. The van der Waals surface area contributed by atoms with E-state index in [0.717, 1.165) is 42.6 Å². The normalized spacial score (nSPS) is 16.4. The van der Waals surface area contributed by atoms with Gasteiger partial charge in [0.05, 0.1) is 17.8 Å². The molecule has 0 spiro atoms. The van der Waals surface area contributed by atoms with Crippen molar-refractivity contribution in [2.24, 2.45) is 0 Å². The van der Waals surface area contributed by atoms with Crippen LogP contribution in [0, 0.1) is 0 Å². The lowest BCUT2D eigenvalue weighted by Crippen LogP contribution is -2.24. The number of pyridine rings is 1. The molecular formula is C17H17N4. The van der Waals surface area contributed by atoms with Crippen LogP contribution in [0.3, 0.4) is 0 Å². The number of nitrogens with zero attached hydrogens (tertiary/aromatic N) is 4. The second-order valence-electron chi connectivity index (χ2n) is 5.49. The Kier molecular flexibility index (Phi) is 3.16. The minimum Gasteiger partial charge on any atom is -0.269 e. The molecule has 2 aromatic heterocycles. The lowest BCUT2D eigenvalue weighted by atomic mass is 10.0. The largest absolute Gasteiger partial charge is 0.269 e. The lowest BCUT2D eigenvalue weighted by molar-refractivity contribution is 0.339. The second kappa shape index (κ2) is 5.30. The van der Waals surface area contributed by atoms with Crippen LogP contribution in [0.15, 0.2) is 48.9 Å². The number of hydrogen-bond acceptors (Lipinski definition) is 2. The number of para-hydroxylation sites is 1. The van der Waals surface area contributed by atoms with Gasteiger partial charge in [-0.1, -0.05) is 24.3 Å². The number of piperidine rings is 1. The van der Waals surface area contributed by atoms with Crippen molar-refractivity contribution >= 4 is 10.9 Å². The molecule has 1 radical (unpaired) electrons. The van der Waals surface area contributed by atoms with E-state index in [1.807, 2.05) is 18.5 Å². The summed E-state index contributed by atoms with van der Waals surface area (Å²) >= 11 is 0. The van der Waals surface area contributed by atoms with Gasteiger partial charge in [-0.05, 0) is 18.9 Å². The smallest absolute Gasteiger partial charge is 0.0781 e. The maximum atomic E-state index is 4.57. The van der Waals surface area contributed by atoms with Gasteiger partial charge in [0, 0.05) is 42.0 Å². The Bertz CT molecular complexity index is 751. The zero-order valence-corrected chi connectivity index (χ0v) is 11.8. The molecule has 0 atom stereocenters. The van der Waals surface area contributed by atoms with E-state index in [-0.39, 0.29) is 0 Å². The van der Waals surface area contributed by atoms with Crippen molar-refractivity contribution in [1.82, 2.24) is 20.1 Å². The molecule has 1 aromatic carbocycles. The summed E-state index contributed by atoms with van der Waals surface area (Å²) < 4.78 is 2.10. The molecule has 4 heteroatoms. The number of fused-ring (bicyclic) bond motifs is 1. The Morgan fingerprint density at radius 1 is 1.05 bits per heavy atom. The zero-order chi connectivity index (χ0) is 14.1. The Morgan fingerprint density at radius 2 is 1.90 bits per heavy atom. The van der Waals surface area contributed by atoms with E-state index in [9.17, 15) is 0 Å². The minimum absolute atomic E-state index is 0.485. The molecule has 3 aromatic rings. The summed E-state index contributed by atoms with van der Waals surface area (Å²) in [6.07, 6.45) is 8.14. The highest BCUT2D eigenvalue weighted by Crippen LogP contribution is 2.28. The number of hydrogen-bond donors (Lipinski definition) is 0. The molecule has 0 bridgehead atoms. The molecule has 4 rings (SSSR count). The van der Waals surface area contributed by atoms with Crippen molar-refractivity contribution in [3.63, 3.8) is 0 Å². The van der Waals surface area contributed by atoms with Gasteiger partial charge in [-0.25, -0.2) is 5.32 Å². The van der Waals surface area contributed by atoms with Crippen molar-refractivity contribution in [2.45, 2.75) is 18.9 Å². The van der Waals surface area contributed by atoms with Crippen LogP contribution in [0.1, 0.15) is 18.9 Å². The van der Waals surface area contributed by atoms with Gasteiger partial charge >= 0.3 is 0 Å². The standard InChI is InChI=1S/C17H17N4/c1-3-13-4-2-8-19-17(13)16(5-1)14-11-20-21(12-14)15-6-9-18-10-7-15/h1-5,8,11-12,15H,6-7,9-10H2. The maximum Gasteiger partial charge on any atom is 0.0781 e. The van der Waals surface area contributed by atoms with Crippen LogP contribution in [0.4, 0.5) is 0 Å². The summed E-state index contributed by atoms with van der Waals surface area (Å²) in [5.74, 6) is 0. The van der Waals surface area contributed by atoms with Crippen LogP contribution in [0.25, 0.3) is 22.0 Å². The van der Waals surface area contributed by atoms with E-state index in [2.05, 4.69) is 50.5 Å². The minimum atomic E-state index is 0.485. The summed E-state index contributed by atoms with van der Waals surface area (Å²) in [6, 6.07) is 10.8. The first-order valence-electron chi connectivity index (χ1n) is 7.43. The van der Waals surface area contributed by atoms with Crippen LogP contribution in [0.2, 0.25) is 0 Å². The monoisotopic (exact) mass is 277 g/mol. The van der Waals surface area contributed by atoms with Crippen molar-refractivity contribution in [1.29, 1.82) is 0 Å². The van der Waals surface area contributed by atoms with Crippen molar-refractivity contribution in [3.05, 3.63) is 48.9 Å². The summed E-state index contributed by atoms with van der Waals surface area (Å²) in [6.45, 7) is 1.91. The van der Waals surface area contributed by atoms with E-state index in [1.165, 1.54) is 5.39 Å². The molecule has 3 heterocycles. The summed E-state index contributed by atoms with van der Waals surface area (Å²) in [7, 11) is 0. The van der Waals surface area contributed by atoms with Crippen LogP contribution in [-0.4, -0.2) is 27.9 Å². The number of rotatable bonds is 2. The average Bonchev–Trinajstić information content (AvgIpc) is 3.05. The van der Waals surface area contributed by atoms with Gasteiger partial charge in [0.2, 0.25) is 0 Å². The predicted molar refractivity (Wildman–Crippen MR) is 83.1 cm³/mol. The molecule has 0 unspecified atom stereocenters. The molecule has 1 aliphatic rings.